The zero-order valence-electron chi connectivity index (χ0n) is 18.7. The molecule has 1 aromatic heterocycles. The highest BCUT2D eigenvalue weighted by Crippen LogP contribution is 2.29. The van der Waals surface area contributed by atoms with Gasteiger partial charge in [0.25, 0.3) is 5.91 Å². The van der Waals surface area contributed by atoms with Crippen LogP contribution in [0.2, 0.25) is 5.02 Å². The monoisotopic (exact) mass is 483 g/mol. The third-order valence-corrected chi connectivity index (χ3v) is 5.76. The van der Waals surface area contributed by atoms with Gasteiger partial charge in [-0.25, -0.2) is 0 Å². The van der Waals surface area contributed by atoms with Crippen LogP contribution in [-0.2, 0) is 9.59 Å². The van der Waals surface area contributed by atoms with Crippen LogP contribution >= 0.6 is 22.9 Å². The molecule has 3 rings (SSSR count). The fraction of sp³-hybridized carbons (Fsp3) is 0.240. The molecule has 1 heterocycles. The lowest BCUT2D eigenvalue weighted by Gasteiger charge is -2.34. The van der Waals surface area contributed by atoms with Crippen LogP contribution in [0.5, 0.6) is 0 Å². The summed E-state index contributed by atoms with van der Waals surface area (Å²) < 4.78 is 0. The van der Waals surface area contributed by atoms with Gasteiger partial charge in [-0.15, -0.1) is 11.3 Å². The third-order valence-electron chi connectivity index (χ3n) is 4.64. The molecule has 172 valence electrons. The number of nitrogens with zero attached hydrogens (tertiary/aromatic N) is 1. The molecule has 0 fully saturated rings. The van der Waals surface area contributed by atoms with E-state index in [9.17, 15) is 14.4 Å². The Bertz CT molecular complexity index is 1090. The van der Waals surface area contributed by atoms with Crippen molar-refractivity contribution in [1.29, 1.82) is 0 Å². The molecular formula is C25H26ClN3O3S. The van der Waals surface area contributed by atoms with Gasteiger partial charge in [0.05, 0.1) is 11.4 Å². The Labute approximate surface area is 202 Å². The molecule has 0 saturated heterocycles. The minimum Gasteiger partial charge on any atom is -0.349 e. The molecule has 0 unspecified atom stereocenters. The van der Waals surface area contributed by atoms with Crippen LogP contribution in [0.15, 0.2) is 72.1 Å². The van der Waals surface area contributed by atoms with Gasteiger partial charge < -0.3 is 10.6 Å². The SMILES string of the molecule is CC(C)(C)NC(=O)[C@@H](c1ccccc1)N(C(=O)CNC(=O)c1cccs1)c1ccc(Cl)cc1. The topological polar surface area (TPSA) is 78.5 Å². The molecule has 3 amide bonds. The smallest absolute Gasteiger partial charge is 0.261 e. The summed E-state index contributed by atoms with van der Waals surface area (Å²) in [4.78, 5) is 41.3. The van der Waals surface area contributed by atoms with Gasteiger partial charge in [0, 0.05) is 16.2 Å². The first-order valence-corrected chi connectivity index (χ1v) is 11.7. The predicted molar refractivity (Wildman–Crippen MR) is 133 cm³/mol. The van der Waals surface area contributed by atoms with Gasteiger partial charge >= 0.3 is 0 Å². The van der Waals surface area contributed by atoms with Gasteiger partial charge in [-0.1, -0.05) is 48.0 Å². The second kappa shape index (κ2) is 10.6. The molecule has 0 aliphatic rings. The number of rotatable bonds is 7. The molecule has 0 radical (unpaired) electrons. The Balaban J connectivity index is 1.98. The van der Waals surface area contributed by atoms with Gasteiger partial charge in [0.1, 0.15) is 6.04 Å². The third kappa shape index (κ3) is 6.66. The molecule has 8 heteroatoms. The van der Waals surface area contributed by atoms with Crippen LogP contribution in [-0.4, -0.2) is 29.8 Å². The molecule has 0 spiro atoms. The van der Waals surface area contributed by atoms with Crippen molar-refractivity contribution in [2.24, 2.45) is 0 Å². The number of anilines is 1. The number of hydrogen-bond donors (Lipinski definition) is 2. The van der Waals surface area contributed by atoms with E-state index in [1.165, 1.54) is 16.2 Å². The second-order valence-electron chi connectivity index (χ2n) is 8.45. The molecular weight excluding hydrogens is 458 g/mol. The van der Waals surface area contributed by atoms with Crippen molar-refractivity contribution in [3.05, 3.63) is 87.6 Å². The van der Waals surface area contributed by atoms with E-state index in [1.807, 2.05) is 39.0 Å². The average Bonchev–Trinajstić information content (AvgIpc) is 3.31. The van der Waals surface area contributed by atoms with E-state index in [4.69, 9.17) is 11.6 Å². The van der Waals surface area contributed by atoms with Crippen LogP contribution in [0.3, 0.4) is 0 Å². The number of carbonyl (C=O) groups is 3. The summed E-state index contributed by atoms with van der Waals surface area (Å²) in [5.74, 6) is -1.11. The Morgan fingerprint density at radius 3 is 2.21 bits per heavy atom. The van der Waals surface area contributed by atoms with Crippen molar-refractivity contribution in [3.8, 4) is 0 Å². The van der Waals surface area contributed by atoms with Crippen molar-refractivity contribution >= 4 is 46.3 Å². The largest absolute Gasteiger partial charge is 0.349 e. The van der Waals surface area contributed by atoms with Gasteiger partial charge in [-0.3, -0.25) is 19.3 Å². The molecule has 2 aromatic carbocycles. The van der Waals surface area contributed by atoms with Gasteiger partial charge in [-0.05, 0) is 62.0 Å². The summed E-state index contributed by atoms with van der Waals surface area (Å²) in [6, 6.07) is 18.3. The Hall–Kier alpha value is -3.16. The molecule has 33 heavy (non-hydrogen) atoms. The summed E-state index contributed by atoms with van der Waals surface area (Å²) >= 11 is 7.35. The van der Waals surface area contributed by atoms with Crippen molar-refractivity contribution < 1.29 is 14.4 Å². The van der Waals surface area contributed by atoms with Crippen molar-refractivity contribution in [1.82, 2.24) is 10.6 Å². The van der Waals surface area contributed by atoms with E-state index in [0.29, 0.717) is 21.2 Å². The van der Waals surface area contributed by atoms with Gasteiger partial charge in [0.15, 0.2) is 0 Å². The van der Waals surface area contributed by atoms with Crippen LogP contribution in [0, 0.1) is 0 Å². The number of thiophene rings is 1. The molecule has 0 aliphatic heterocycles. The van der Waals surface area contributed by atoms with Crippen LogP contribution in [0.25, 0.3) is 0 Å². The lowest BCUT2D eigenvalue weighted by molar-refractivity contribution is -0.127. The van der Waals surface area contributed by atoms with Gasteiger partial charge in [-0.2, -0.15) is 0 Å². The lowest BCUT2D eigenvalue weighted by Crippen LogP contribution is -2.51. The maximum atomic E-state index is 13.5. The predicted octanol–water partition coefficient (Wildman–Crippen LogP) is 4.82. The lowest BCUT2D eigenvalue weighted by atomic mass is 10.0. The summed E-state index contributed by atoms with van der Waals surface area (Å²) in [5, 5.41) is 7.94. The summed E-state index contributed by atoms with van der Waals surface area (Å²) in [5.41, 5.74) is 0.631. The number of halogens is 1. The molecule has 0 aliphatic carbocycles. The first-order valence-electron chi connectivity index (χ1n) is 10.4. The van der Waals surface area contributed by atoms with Crippen molar-refractivity contribution in [2.75, 3.05) is 11.4 Å². The standard InChI is InChI=1S/C25H26ClN3O3S/c1-25(2,3)28-24(32)22(17-8-5-4-6-9-17)29(19-13-11-18(26)12-14-19)21(30)16-27-23(31)20-10-7-15-33-20/h4-15,22H,16H2,1-3H3,(H,27,31)(H,28,32)/t22-/m1/s1. The van der Waals surface area contributed by atoms with Crippen molar-refractivity contribution in [2.45, 2.75) is 32.4 Å². The fourth-order valence-corrected chi connectivity index (χ4v) is 4.03. The zero-order valence-corrected chi connectivity index (χ0v) is 20.2. The fourth-order valence-electron chi connectivity index (χ4n) is 3.27. The summed E-state index contributed by atoms with van der Waals surface area (Å²) in [7, 11) is 0. The quantitative estimate of drug-likeness (QED) is 0.505. The first kappa shape index (κ1) is 24.5. The van der Waals surface area contributed by atoms with E-state index in [-0.39, 0.29) is 18.4 Å². The average molecular weight is 484 g/mol. The Morgan fingerprint density at radius 2 is 1.64 bits per heavy atom. The normalized spacial score (nSPS) is 12.0. The van der Waals surface area contributed by atoms with Crippen LogP contribution in [0.1, 0.15) is 42.0 Å². The van der Waals surface area contributed by atoms with Crippen molar-refractivity contribution in [3.63, 3.8) is 0 Å². The second-order valence-corrected chi connectivity index (χ2v) is 9.84. The Morgan fingerprint density at radius 1 is 0.970 bits per heavy atom. The molecule has 6 nitrogen and oxygen atoms in total. The summed E-state index contributed by atoms with van der Waals surface area (Å²) in [6.07, 6.45) is 0. The van der Waals surface area contributed by atoms with E-state index in [1.54, 1.807) is 53.9 Å². The highest BCUT2D eigenvalue weighted by atomic mass is 35.5. The molecule has 0 bridgehead atoms. The number of hydrogen-bond acceptors (Lipinski definition) is 4. The highest BCUT2D eigenvalue weighted by Gasteiger charge is 2.34. The summed E-state index contributed by atoms with van der Waals surface area (Å²) in [6.45, 7) is 5.36. The van der Waals surface area contributed by atoms with E-state index in [2.05, 4.69) is 10.6 Å². The molecule has 2 N–H and O–H groups in total. The number of benzene rings is 2. The van der Waals surface area contributed by atoms with Gasteiger partial charge in [0.2, 0.25) is 11.8 Å². The number of amides is 3. The number of carbonyl (C=O) groups excluding carboxylic acids is 3. The zero-order chi connectivity index (χ0) is 24.0. The minimum atomic E-state index is -0.947. The van der Waals surface area contributed by atoms with E-state index < -0.39 is 17.5 Å². The maximum absolute atomic E-state index is 13.5. The Kier molecular flexibility index (Phi) is 7.89. The maximum Gasteiger partial charge on any atom is 0.261 e. The molecule has 1 atom stereocenters. The highest BCUT2D eigenvalue weighted by molar-refractivity contribution is 7.12. The molecule has 0 saturated carbocycles. The van der Waals surface area contributed by atoms with E-state index >= 15 is 0 Å². The minimum absolute atomic E-state index is 0.272. The van der Waals surface area contributed by atoms with Crippen LogP contribution < -0.4 is 15.5 Å². The van der Waals surface area contributed by atoms with Crippen LogP contribution in [0.4, 0.5) is 5.69 Å². The molecule has 3 aromatic rings. The van der Waals surface area contributed by atoms with E-state index in [0.717, 1.165) is 0 Å². The number of nitrogens with one attached hydrogen (secondary N) is 2. The first-order chi connectivity index (χ1) is 15.7.